The monoisotopic (exact) mass is 392 g/mol. The molecule has 0 atom stereocenters. The van der Waals surface area contributed by atoms with Crippen LogP contribution in [0.2, 0.25) is 0 Å². The fourth-order valence-corrected chi connectivity index (χ4v) is 3.37. The smallest absolute Gasteiger partial charge is 0.253 e. The molecule has 0 unspecified atom stereocenters. The molecule has 0 saturated carbocycles. The zero-order valence-corrected chi connectivity index (χ0v) is 16.5. The van der Waals surface area contributed by atoms with E-state index in [0.29, 0.717) is 38.0 Å². The molecule has 1 fully saturated rings. The average molecular weight is 392 g/mol. The lowest BCUT2D eigenvalue weighted by Crippen LogP contribution is -2.48. The number of piperazine rings is 1. The highest BCUT2D eigenvalue weighted by Gasteiger charge is 2.23. The van der Waals surface area contributed by atoms with Crippen LogP contribution in [-0.2, 0) is 6.54 Å². The molecule has 1 saturated heterocycles. The largest absolute Gasteiger partial charge is 0.494 e. The molecule has 1 aliphatic heterocycles. The molecule has 0 spiro atoms. The molecule has 0 N–H and O–H groups in total. The first-order chi connectivity index (χ1) is 14.2. The van der Waals surface area contributed by atoms with Crippen molar-refractivity contribution in [3.8, 4) is 17.1 Å². The van der Waals surface area contributed by atoms with Gasteiger partial charge < -0.3 is 14.2 Å². The molecule has 7 nitrogen and oxygen atoms in total. The van der Waals surface area contributed by atoms with Gasteiger partial charge in [-0.2, -0.15) is 4.98 Å². The van der Waals surface area contributed by atoms with E-state index in [9.17, 15) is 4.79 Å². The lowest BCUT2D eigenvalue weighted by Gasteiger charge is -2.34. The molecule has 2 heterocycles. The third kappa shape index (κ3) is 4.63. The summed E-state index contributed by atoms with van der Waals surface area (Å²) < 4.78 is 10.9. The number of benzene rings is 2. The number of hydrogen-bond donors (Lipinski definition) is 0. The van der Waals surface area contributed by atoms with Crippen LogP contribution in [0.5, 0.6) is 5.75 Å². The van der Waals surface area contributed by atoms with Crippen molar-refractivity contribution in [1.82, 2.24) is 19.9 Å². The van der Waals surface area contributed by atoms with Crippen LogP contribution >= 0.6 is 0 Å². The summed E-state index contributed by atoms with van der Waals surface area (Å²) in [4.78, 5) is 21.2. The SMILES string of the molecule is CCOc1ccc(-c2noc(CN3CCN(C(=O)c4ccccc4)CC3)n2)cc1. The first kappa shape index (κ1) is 19.1. The second kappa shape index (κ2) is 8.87. The molecule has 0 radical (unpaired) electrons. The number of nitrogens with zero attached hydrogens (tertiary/aromatic N) is 4. The predicted octanol–water partition coefficient (Wildman–Crippen LogP) is 3.09. The molecule has 3 aromatic rings. The van der Waals surface area contributed by atoms with Crippen molar-refractivity contribution in [1.29, 1.82) is 0 Å². The third-order valence-corrected chi connectivity index (χ3v) is 4.93. The maximum Gasteiger partial charge on any atom is 0.253 e. The van der Waals surface area contributed by atoms with Crippen molar-refractivity contribution in [2.45, 2.75) is 13.5 Å². The van der Waals surface area contributed by atoms with Gasteiger partial charge in [-0.3, -0.25) is 9.69 Å². The summed E-state index contributed by atoms with van der Waals surface area (Å²) in [6.45, 7) is 6.10. The number of rotatable bonds is 6. The van der Waals surface area contributed by atoms with E-state index in [4.69, 9.17) is 9.26 Å². The van der Waals surface area contributed by atoms with Crippen LogP contribution in [0.4, 0.5) is 0 Å². The van der Waals surface area contributed by atoms with Crippen LogP contribution in [0.15, 0.2) is 59.1 Å². The zero-order valence-electron chi connectivity index (χ0n) is 16.5. The lowest BCUT2D eigenvalue weighted by atomic mass is 10.2. The van der Waals surface area contributed by atoms with Crippen LogP contribution in [0.25, 0.3) is 11.4 Å². The van der Waals surface area contributed by atoms with E-state index >= 15 is 0 Å². The molecular formula is C22H24N4O3. The van der Waals surface area contributed by atoms with Crippen LogP contribution < -0.4 is 4.74 Å². The topological polar surface area (TPSA) is 71.7 Å². The Morgan fingerprint density at radius 1 is 1.03 bits per heavy atom. The third-order valence-electron chi connectivity index (χ3n) is 4.93. The van der Waals surface area contributed by atoms with Gasteiger partial charge >= 0.3 is 0 Å². The Kier molecular flexibility index (Phi) is 5.86. The Bertz CT molecular complexity index is 932. The second-order valence-electron chi connectivity index (χ2n) is 6.90. The second-order valence-corrected chi connectivity index (χ2v) is 6.90. The van der Waals surface area contributed by atoms with E-state index in [1.54, 1.807) is 0 Å². The van der Waals surface area contributed by atoms with Crippen molar-refractivity contribution in [3.63, 3.8) is 0 Å². The molecule has 2 aromatic carbocycles. The zero-order chi connectivity index (χ0) is 20.1. The van der Waals surface area contributed by atoms with Crippen molar-refractivity contribution in [2.24, 2.45) is 0 Å². The maximum absolute atomic E-state index is 12.5. The number of hydrogen-bond acceptors (Lipinski definition) is 6. The highest BCUT2D eigenvalue weighted by atomic mass is 16.5. The minimum absolute atomic E-state index is 0.0841. The molecular weight excluding hydrogens is 368 g/mol. The first-order valence-corrected chi connectivity index (χ1v) is 9.85. The van der Waals surface area contributed by atoms with E-state index in [1.807, 2.05) is 66.4 Å². The number of amides is 1. The minimum atomic E-state index is 0.0841. The van der Waals surface area contributed by atoms with Crippen molar-refractivity contribution in [3.05, 3.63) is 66.1 Å². The van der Waals surface area contributed by atoms with Crippen molar-refractivity contribution in [2.75, 3.05) is 32.8 Å². The average Bonchev–Trinajstić information content (AvgIpc) is 3.24. The highest BCUT2D eigenvalue weighted by Crippen LogP contribution is 2.20. The molecule has 1 aliphatic rings. The Hall–Kier alpha value is -3.19. The summed E-state index contributed by atoms with van der Waals surface area (Å²) in [5, 5.41) is 4.09. The van der Waals surface area contributed by atoms with Gasteiger partial charge in [0, 0.05) is 37.3 Å². The number of aromatic nitrogens is 2. The summed E-state index contributed by atoms with van der Waals surface area (Å²) in [6.07, 6.45) is 0. The van der Waals surface area contributed by atoms with Gasteiger partial charge in [-0.25, -0.2) is 0 Å². The van der Waals surface area contributed by atoms with E-state index < -0.39 is 0 Å². The van der Waals surface area contributed by atoms with E-state index in [2.05, 4.69) is 15.0 Å². The quantitative estimate of drug-likeness (QED) is 0.642. The molecule has 0 bridgehead atoms. The van der Waals surface area contributed by atoms with Crippen molar-refractivity contribution >= 4 is 5.91 Å². The van der Waals surface area contributed by atoms with Crippen LogP contribution in [0.3, 0.4) is 0 Å². The fraction of sp³-hybridized carbons (Fsp3) is 0.318. The number of carbonyl (C=O) groups excluding carboxylic acids is 1. The molecule has 1 amide bonds. The fourth-order valence-electron chi connectivity index (χ4n) is 3.37. The van der Waals surface area contributed by atoms with Crippen molar-refractivity contribution < 1.29 is 14.1 Å². The molecule has 4 rings (SSSR count). The summed E-state index contributed by atoms with van der Waals surface area (Å²) in [5.74, 6) is 2.06. The van der Waals surface area contributed by atoms with E-state index in [1.165, 1.54) is 0 Å². The Labute approximate surface area is 169 Å². The van der Waals surface area contributed by atoms with E-state index in [-0.39, 0.29) is 5.91 Å². The van der Waals surface area contributed by atoms with Gasteiger partial charge in [0.05, 0.1) is 13.2 Å². The van der Waals surface area contributed by atoms with Gasteiger partial charge in [0.2, 0.25) is 11.7 Å². The minimum Gasteiger partial charge on any atom is -0.494 e. The summed E-state index contributed by atoms with van der Waals surface area (Å²) in [7, 11) is 0. The molecule has 29 heavy (non-hydrogen) atoms. The van der Waals surface area contributed by atoms with Gasteiger partial charge in [-0.1, -0.05) is 23.4 Å². The normalized spacial score (nSPS) is 14.7. The molecule has 0 aliphatic carbocycles. The predicted molar refractivity (Wildman–Crippen MR) is 109 cm³/mol. The van der Waals surface area contributed by atoms with E-state index in [0.717, 1.165) is 30.0 Å². The Balaban J connectivity index is 1.31. The Morgan fingerprint density at radius 2 is 1.76 bits per heavy atom. The number of ether oxygens (including phenoxy) is 1. The summed E-state index contributed by atoms with van der Waals surface area (Å²) in [6, 6.07) is 17.1. The summed E-state index contributed by atoms with van der Waals surface area (Å²) in [5.41, 5.74) is 1.62. The van der Waals surface area contributed by atoms with Gasteiger partial charge in [0.1, 0.15) is 5.75 Å². The van der Waals surface area contributed by atoms with Gasteiger partial charge in [0.15, 0.2) is 0 Å². The lowest BCUT2D eigenvalue weighted by molar-refractivity contribution is 0.0615. The van der Waals surface area contributed by atoms with Gasteiger partial charge in [-0.15, -0.1) is 0 Å². The standard InChI is InChI=1S/C22H24N4O3/c1-2-28-19-10-8-17(9-11-19)21-23-20(29-24-21)16-25-12-14-26(15-13-25)22(27)18-6-4-3-5-7-18/h3-11H,2,12-16H2,1H3. The molecule has 1 aromatic heterocycles. The first-order valence-electron chi connectivity index (χ1n) is 9.85. The van der Waals surface area contributed by atoms with Crippen LogP contribution in [0, 0.1) is 0 Å². The molecule has 150 valence electrons. The highest BCUT2D eigenvalue weighted by molar-refractivity contribution is 5.94. The summed E-state index contributed by atoms with van der Waals surface area (Å²) >= 11 is 0. The van der Waals surface area contributed by atoms with Crippen LogP contribution in [-0.4, -0.2) is 58.6 Å². The number of carbonyl (C=O) groups is 1. The molecule has 7 heteroatoms. The maximum atomic E-state index is 12.5. The Morgan fingerprint density at radius 3 is 2.45 bits per heavy atom. The van der Waals surface area contributed by atoms with Crippen LogP contribution in [0.1, 0.15) is 23.2 Å². The van der Waals surface area contributed by atoms with Gasteiger partial charge in [0.25, 0.3) is 5.91 Å². The van der Waals surface area contributed by atoms with Gasteiger partial charge in [-0.05, 0) is 43.3 Å².